The van der Waals surface area contributed by atoms with Crippen molar-refractivity contribution < 1.29 is 19.1 Å². The lowest BCUT2D eigenvalue weighted by Crippen LogP contribution is -2.78. The predicted octanol–water partition coefficient (Wildman–Crippen LogP) is -0.0267. The first kappa shape index (κ1) is 14.1. The molecule has 3 saturated heterocycles. The van der Waals surface area contributed by atoms with Gasteiger partial charge in [0.1, 0.15) is 18.0 Å². The van der Waals surface area contributed by atoms with Crippen LogP contribution in [-0.2, 0) is 19.1 Å². The number of rotatable bonds is 2. The number of nitrogens with zero attached hydrogens (tertiary/aromatic N) is 2. The van der Waals surface area contributed by atoms with E-state index in [0.29, 0.717) is 5.69 Å². The molecule has 2 bridgehead atoms. The Balaban J connectivity index is 2.10. The van der Waals surface area contributed by atoms with E-state index >= 15 is 0 Å². The smallest absolute Gasteiger partial charge is 0.312 e. The minimum Gasteiger partial charge on any atom is -0.469 e. The van der Waals surface area contributed by atoms with Crippen LogP contribution >= 0.6 is 0 Å². The number of fused-ring (bicyclic) bond motifs is 3. The van der Waals surface area contributed by atoms with Crippen molar-refractivity contribution in [2.24, 2.45) is 5.92 Å². The first-order chi connectivity index (χ1) is 10.5. The zero-order chi connectivity index (χ0) is 15.9. The summed E-state index contributed by atoms with van der Waals surface area (Å²) in [7, 11) is 1.19. The molecule has 112 valence electrons. The van der Waals surface area contributed by atoms with Gasteiger partial charge in [0.2, 0.25) is 11.4 Å². The Morgan fingerprint density at radius 1 is 1.41 bits per heavy atom. The number of ether oxygens (including phenoxy) is 1. The van der Waals surface area contributed by atoms with Gasteiger partial charge >= 0.3 is 5.97 Å². The summed E-state index contributed by atoms with van der Waals surface area (Å²) < 4.78 is 4.68. The van der Waals surface area contributed by atoms with Gasteiger partial charge in [0.25, 0.3) is 5.91 Å². The van der Waals surface area contributed by atoms with Crippen molar-refractivity contribution in [3.8, 4) is 6.07 Å². The summed E-state index contributed by atoms with van der Waals surface area (Å²) in [6, 6.07) is 9.63. The zero-order valence-electron chi connectivity index (χ0n) is 11.8. The first-order valence-electron chi connectivity index (χ1n) is 6.75. The number of benzene rings is 1. The van der Waals surface area contributed by atoms with Gasteiger partial charge in [-0.1, -0.05) is 18.2 Å². The number of nitriles is 1. The highest BCUT2D eigenvalue weighted by Crippen LogP contribution is 2.40. The Labute approximate surface area is 126 Å². The largest absolute Gasteiger partial charge is 0.469 e. The molecule has 0 saturated carbocycles. The average Bonchev–Trinajstić information content (AvgIpc) is 2.55. The van der Waals surface area contributed by atoms with Crippen LogP contribution < -0.4 is 10.2 Å². The molecule has 0 radical (unpaired) electrons. The van der Waals surface area contributed by atoms with Crippen molar-refractivity contribution in [1.82, 2.24) is 5.32 Å². The first-order valence-corrected chi connectivity index (χ1v) is 6.75. The van der Waals surface area contributed by atoms with E-state index in [1.54, 1.807) is 30.3 Å². The quantitative estimate of drug-likeness (QED) is 0.773. The van der Waals surface area contributed by atoms with E-state index in [4.69, 9.17) is 0 Å². The van der Waals surface area contributed by atoms with Crippen molar-refractivity contribution in [3.05, 3.63) is 30.3 Å². The number of hydrogen-bond donors (Lipinski definition) is 1. The molecule has 7 nitrogen and oxygen atoms in total. The summed E-state index contributed by atoms with van der Waals surface area (Å²) in [5.41, 5.74) is -1.38. The SMILES string of the molecule is COC(=O)[C@@H]1C[C@@H]2C(=O)N[C@@]1(C#N)C(=O)N2c1ccccc1. The topological polar surface area (TPSA) is 99.5 Å². The lowest BCUT2D eigenvalue weighted by atomic mass is 9.71. The zero-order valence-corrected chi connectivity index (χ0v) is 11.8. The Morgan fingerprint density at radius 2 is 2.09 bits per heavy atom. The molecule has 4 rings (SSSR count). The third-order valence-corrected chi connectivity index (χ3v) is 4.17. The Morgan fingerprint density at radius 3 is 2.68 bits per heavy atom. The molecule has 22 heavy (non-hydrogen) atoms. The van der Waals surface area contributed by atoms with E-state index in [1.165, 1.54) is 12.0 Å². The van der Waals surface area contributed by atoms with Crippen LogP contribution in [0.4, 0.5) is 5.69 Å². The average molecular weight is 299 g/mol. The van der Waals surface area contributed by atoms with Crippen molar-refractivity contribution >= 4 is 23.5 Å². The van der Waals surface area contributed by atoms with Gasteiger partial charge in [-0.2, -0.15) is 5.26 Å². The molecule has 0 aromatic heterocycles. The molecule has 1 aromatic rings. The molecule has 3 heterocycles. The number of piperazine rings is 1. The van der Waals surface area contributed by atoms with Crippen LogP contribution in [0, 0.1) is 17.2 Å². The Hall–Kier alpha value is -2.88. The van der Waals surface area contributed by atoms with Crippen LogP contribution in [0.3, 0.4) is 0 Å². The van der Waals surface area contributed by atoms with E-state index < -0.39 is 35.3 Å². The minimum absolute atomic E-state index is 0.0622. The van der Waals surface area contributed by atoms with Gasteiger partial charge in [0, 0.05) is 5.69 Å². The maximum Gasteiger partial charge on any atom is 0.312 e. The number of esters is 1. The number of hydrogen-bond acceptors (Lipinski definition) is 5. The molecule has 2 amide bonds. The van der Waals surface area contributed by atoms with Crippen molar-refractivity contribution in [1.29, 1.82) is 5.26 Å². The number of anilines is 1. The standard InChI is InChI=1S/C15H13N3O4/c1-22-13(20)10-7-11-12(19)17-15(10,8-16)14(21)18(11)9-5-3-2-4-6-9/h2-6,10-11H,7H2,1H3,(H,17,19)/t10-,11+,15+/m0/s1. The maximum absolute atomic E-state index is 12.8. The number of amides is 2. The molecular weight excluding hydrogens is 286 g/mol. The fraction of sp³-hybridized carbons (Fsp3) is 0.333. The van der Waals surface area contributed by atoms with Gasteiger partial charge in [-0.3, -0.25) is 19.3 Å². The number of nitrogens with one attached hydrogen (secondary N) is 1. The lowest BCUT2D eigenvalue weighted by Gasteiger charge is -2.50. The molecule has 3 atom stereocenters. The molecule has 3 aliphatic rings. The normalized spacial score (nSPS) is 29.7. The van der Waals surface area contributed by atoms with E-state index in [1.807, 2.05) is 6.07 Å². The summed E-state index contributed by atoms with van der Waals surface area (Å²) in [4.78, 5) is 38.2. The molecule has 0 unspecified atom stereocenters. The van der Waals surface area contributed by atoms with Crippen LogP contribution in [0.2, 0.25) is 0 Å². The second-order valence-electron chi connectivity index (χ2n) is 5.25. The highest BCUT2D eigenvalue weighted by atomic mass is 16.5. The minimum atomic E-state index is -1.91. The molecular formula is C15H13N3O4. The van der Waals surface area contributed by atoms with E-state index in [2.05, 4.69) is 10.1 Å². The van der Waals surface area contributed by atoms with Crippen LogP contribution in [0.1, 0.15) is 6.42 Å². The Bertz CT molecular complexity index is 696. The molecule has 0 aliphatic carbocycles. The van der Waals surface area contributed by atoms with E-state index in [9.17, 15) is 19.6 Å². The van der Waals surface area contributed by atoms with Crippen LogP contribution in [0.5, 0.6) is 0 Å². The monoisotopic (exact) mass is 299 g/mol. The summed E-state index contributed by atoms with van der Waals surface area (Å²) in [6.45, 7) is 0. The van der Waals surface area contributed by atoms with Gasteiger partial charge in [0.05, 0.1) is 7.11 Å². The number of carbonyl (C=O) groups excluding carboxylic acids is 3. The van der Waals surface area contributed by atoms with Crippen LogP contribution in [0.15, 0.2) is 30.3 Å². The molecule has 1 N–H and O–H groups in total. The van der Waals surface area contributed by atoms with Crippen molar-refractivity contribution in [2.75, 3.05) is 12.0 Å². The third-order valence-electron chi connectivity index (χ3n) is 4.17. The third kappa shape index (κ3) is 1.70. The summed E-state index contributed by atoms with van der Waals surface area (Å²) in [5, 5.41) is 11.9. The van der Waals surface area contributed by atoms with Crippen molar-refractivity contribution in [3.63, 3.8) is 0 Å². The summed E-state index contributed by atoms with van der Waals surface area (Å²) in [5.74, 6) is -2.72. The fourth-order valence-corrected chi connectivity index (χ4v) is 3.08. The van der Waals surface area contributed by atoms with Crippen molar-refractivity contribution in [2.45, 2.75) is 18.0 Å². The lowest BCUT2D eigenvalue weighted by molar-refractivity contribution is -0.158. The van der Waals surface area contributed by atoms with E-state index in [-0.39, 0.29) is 6.42 Å². The van der Waals surface area contributed by atoms with Crippen LogP contribution in [-0.4, -0.2) is 36.5 Å². The summed E-state index contributed by atoms with van der Waals surface area (Å²) >= 11 is 0. The number of methoxy groups -OCH3 is 1. The van der Waals surface area contributed by atoms with Gasteiger partial charge < -0.3 is 10.1 Å². The van der Waals surface area contributed by atoms with Gasteiger partial charge in [-0.05, 0) is 18.6 Å². The van der Waals surface area contributed by atoms with Gasteiger partial charge in [-0.15, -0.1) is 0 Å². The second kappa shape index (κ2) is 4.84. The predicted molar refractivity (Wildman–Crippen MR) is 74.3 cm³/mol. The number of piperidine rings is 2. The highest BCUT2D eigenvalue weighted by Gasteiger charge is 2.64. The van der Waals surface area contributed by atoms with Gasteiger partial charge in [0.15, 0.2) is 0 Å². The fourth-order valence-electron chi connectivity index (χ4n) is 3.08. The van der Waals surface area contributed by atoms with Gasteiger partial charge in [-0.25, -0.2) is 0 Å². The molecule has 3 fully saturated rings. The molecule has 1 aromatic carbocycles. The molecule has 7 heteroatoms. The maximum atomic E-state index is 12.8. The molecule has 0 spiro atoms. The number of para-hydroxylation sites is 1. The highest BCUT2D eigenvalue weighted by molar-refractivity contribution is 6.16. The second-order valence-corrected chi connectivity index (χ2v) is 5.25. The molecule has 3 aliphatic heterocycles. The van der Waals surface area contributed by atoms with Crippen LogP contribution in [0.25, 0.3) is 0 Å². The number of carbonyl (C=O) groups is 3. The van der Waals surface area contributed by atoms with E-state index in [0.717, 1.165) is 0 Å². The Kier molecular flexibility index (Phi) is 3.10. The summed E-state index contributed by atoms with van der Waals surface area (Å²) in [6.07, 6.45) is 0.0622.